The molecule has 1 aromatic carbocycles. The SMILES string of the molecule is C[C@H]1C[C@@H](C(=O)N2CCOC2=O)[C@@H](c2ccccc2)NC1=O. The van der Waals surface area contributed by atoms with E-state index in [1.54, 1.807) is 6.92 Å². The number of hydrogen-bond acceptors (Lipinski definition) is 4. The number of ether oxygens (including phenoxy) is 1. The van der Waals surface area contributed by atoms with Crippen molar-refractivity contribution < 1.29 is 19.1 Å². The molecule has 2 saturated heterocycles. The fourth-order valence-electron chi connectivity index (χ4n) is 3.03. The molecular weight excluding hydrogens is 284 g/mol. The third-order valence-corrected chi connectivity index (χ3v) is 4.26. The monoisotopic (exact) mass is 302 g/mol. The first-order chi connectivity index (χ1) is 10.6. The Labute approximate surface area is 128 Å². The molecule has 2 aliphatic rings. The molecule has 2 fully saturated rings. The molecule has 0 aromatic heterocycles. The largest absolute Gasteiger partial charge is 0.447 e. The van der Waals surface area contributed by atoms with Crippen molar-refractivity contribution in [2.45, 2.75) is 19.4 Å². The molecule has 0 unspecified atom stereocenters. The van der Waals surface area contributed by atoms with E-state index in [1.807, 2.05) is 30.3 Å². The second-order valence-electron chi connectivity index (χ2n) is 5.74. The van der Waals surface area contributed by atoms with E-state index in [9.17, 15) is 14.4 Å². The van der Waals surface area contributed by atoms with Gasteiger partial charge in [-0.2, -0.15) is 0 Å². The van der Waals surface area contributed by atoms with Crippen LogP contribution in [0.3, 0.4) is 0 Å². The molecule has 6 nitrogen and oxygen atoms in total. The van der Waals surface area contributed by atoms with E-state index < -0.39 is 18.1 Å². The molecule has 2 heterocycles. The van der Waals surface area contributed by atoms with Crippen molar-refractivity contribution >= 4 is 17.9 Å². The molecule has 0 spiro atoms. The highest BCUT2D eigenvalue weighted by Gasteiger charge is 2.43. The van der Waals surface area contributed by atoms with Gasteiger partial charge in [-0.15, -0.1) is 0 Å². The third kappa shape index (κ3) is 2.56. The summed E-state index contributed by atoms with van der Waals surface area (Å²) in [5.74, 6) is -1.06. The van der Waals surface area contributed by atoms with Gasteiger partial charge >= 0.3 is 6.09 Å². The molecule has 1 N–H and O–H groups in total. The molecule has 6 heteroatoms. The quantitative estimate of drug-likeness (QED) is 0.898. The molecule has 0 saturated carbocycles. The molecule has 0 aliphatic carbocycles. The van der Waals surface area contributed by atoms with Crippen molar-refractivity contribution in [2.24, 2.45) is 11.8 Å². The summed E-state index contributed by atoms with van der Waals surface area (Å²) in [5.41, 5.74) is 0.869. The van der Waals surface area contributed by atoms with Crippen LogP contribution in [0.4, 0.5) is 4.79 Å². The van der Waals surface area contributed by atoms with Crippen LogP contribution in [0.1, 0.15) is 24.9 Å². The number of amides is 3. The van der Waals surface area contributed by atoms with Gasteiger partial charge < -0.3 is 10.1 Å². The zero-order valence-electron chi connectivity index (χ0n) is 12.3. The van der Waals surface area contributed by atoms with E-state index >= 15 is 0 Å². The Bertz CT molecular complexity index is 601. The number of piperidine rings is 1. The number of nitrogens with one attached hydrogen (secondary N) is 1. The van der Waals surface area contributed by atoms with E-state index in [4.69, 9.17) is 4.74 Å². The van der Waals surface area contributed by atoms with Crippen LogP contribution in [0.5, 0.6) is 0 Å². The Morgan fingerprint density at radius 1 is 1.27 bits per heavy atom. The minimum atomic E-state index is -0.596. The van der Waals surface area contributed by atoms with Gasteiger partial charge in [-0.05, 0) is 12.0 Å². The van der Waals surface area contributed by atoms with E-state index in [0.29, 0.717) is 6.42 Å². The smallest absolute Gasteiger partial charge is 0.416 e. The number of hydrogen-bond donors (Lipinski definition) is 1. The van der Waals surface area contributed by atoms with Crippen LogP contribution in [0.25, 0.3) is 0 Å². The maximum atomic E-state index is 12.7. The predicted molar refractivity (Wildman–Crippen MR) is 77.7 cm³/mol. The summed E-state index contributed by atoms with van der Waals surface area (Å²) in [6.07, 6.45) is -0.171. The van der Waals surface area contributed by atoms with Gasteiger partial charge in [-0.3, -0.25) is 9.59 Å². The zero-order valence-corrected chi connectivity index (χ0v) is 12.3. The fraction of sp³-hybridized carbons (Fsp3) is 0.438. The van der Waals surface area contributed by atoms with Crippen molar-refractivity contribution in [3.63, 3.8) is 0 Å². The summed E-state index contributed by atoms with van der Waals surface area (Å²) in [4.78, 5) is 37.5. The number of imide groups is 1. The van der Waals surface area contributed by atoms with Gasteiger partial charge in [0.15, 0.2) is 0 Å². The Hall–Kier alpha value is -2.37. The highest BCUT2D eigenvalue weighted by atomic mass is 16.6. The number of carbonyl (C=O) groups excluding carboxylic acids is 3. The number of cyclic esters (lactones) is 1. The van der Waals surface area contributed by atoms with Crippen molar-refractivity contribution in [3.8, 4) is 0 Å². The Kier molecular flexibility index (Phi) is 3.83. The van der Waals surface area contributed by atoms with Crippen LogP contribution in [-0.2, 0) is 14.3 Å². The van der Waals surface area contributed by atoms with E-state index in [-0.39, 0.29) is 30.9 Å². The minimum absolute atomic E-state index is 0.0677. The van der Waals surface area contributed by atoms with Gasteiger partial charge in [-0.25, -0.2) is 9.69 Å². The number of carbonyl (C=O) groups is 3. The van der Waals surface area contributed by atoms with Crippen molar-refractivity contribution in [1.29, 1.82) is 0 Å². The zero-order chi connectivity index (χ0) is 15.7. The Balaban J connectivity index is 1.89. The summed E-state index contributed by atoms with van der Waals surface area (Å²) in [7, 11) is 0. The van der Waals surface area contributed by atoms with Gasteiger partial charge in [0.2, 0.25) is 11.8 Å². The van der Waals surface area contributed by atoms with Gasteiger partial charge in [0.05, 0.1) is 18.5 Å². The van der Waals surface area contributed by atoms with Crippen LogP contribution in [-0.4, -0.2) is 36.0 Å². The molecule has 0 bridgehead atoms. The standard InChI is InChI=1S/C16H18N2O4/c1-10-9-12(15(20)18-7-8-22-16(18)21)13(17-14(10)19)11-5-3-2-4-6-11/h2-6,10,12-13H,7-9H2,1H3,(H,17,19)/t10-,12+,13+/m0/s1. The highest BCUT2D eigenvalue weighted by molar-refractivity contribution is 5.96. The first-order valence-electron chi connectivity index (χ1n) is 7.41. The minimum Gasteiger partial charge on any atom is -0.447 e. The average molecular weight is 302 g/mol. The Morgan fingerprint density at radius 3 is 2.64 bits per heavy atom. The maximum Gasteiger partial charge on any atom is 0.416 e. The molecule has 22 heavy (non-hydrogen) atoms. The summed E-state index contributed by atoms with van der Waals surface area (Å²) in [6.45, 7) is 2.30. The maximum absolute atomic E-state index is 12.7. The van der Waals surface area contributed by atoms with Gasteiger partial charge in [0.25, 0.3) is 0 Å². The lowest BCUT2D eigenvalue weighted by Crippen LogP contribution is -2.50. The van der Waals surface area contributed by atoms with Crippen LogP contribution in [0, 0.1) is 11.8 Å². The van der Waals surface area contributed by atoms with E-state index in [2.05, 4.69) is 5.32 Å². The first kappa shape index (κ1) is 14.6. The van der Waals surface area contributed by atoms with Crippen LogP contribution in [0.15, 0.2) is 30.3 Å². The second-order valence-corrected chi connectivity index (χ2v) is 5.74. The molecule has 3 atom stereocenters. The second kappa shape index (κ2) is 5.79. The summed E-state index contributed by atoms with van der Waals surface area (Å²) in [6, 6.07) is 8.96. The topological polar surface area (TPSA) is 75.7 Å². The molecule has 1 aromatic rings. The van der Waals surface area contributed by atoms with E-state index in [1.165, 1.54) is 0 Å². The predicted octanol–water partition coefficient (Wildman–Crippen LogP) is 1.48. The van der Waals surface area contributed by atoms with Crippen molar-refractivity contribution in [3.05, 3.63) is 35.9 Å². The van der Waals surface area contributed by atoms with Crippen LogP contribution in [0.2, 0.25) is 0 Å². The molecule has 0 radical (unpaired) electrons. The third-order valence-electron chi connectivity index (χ3n) is 4.26. The van der Waals surface area contributed by atoms with Gasteiger partial charge in [-0.1, -0.05) is 37.3 Å². The summed E-state index contributed by atoms with van der Waals surface area (Å²) >= 11 is 0. The molecular formula is C16H18N2O4. The van der Waals surface area contributed by atoms with Crippen LogP contribution >= 0.6 is 0 Å². The van der Waals surface area contributed by atoms with E-state index in [0.717, 1.165) is 10.5 Å². The van der Waals surface area contributed by atoms with Gasteiger partial charge in [0, 0.05) is 5.92 Å². The molecule has 116 valence electrons. The lowest BCUT2D eigenvalue weighted by molar-refractivity contribution is -0.138. The fourth-order valence-corrected chi connectivity index (χ4v) is 3.03. The lowest BCUT2D eigenvalue weighted by atomic mass is 9.81. The number of nitrogens with zero attached hydrogens (tertiary/aromatic N) is 1. The number of rotatable bonds is 2. The van der Waals surface area contributed by atoms with Crippen LogP contribution < -0.4 is 5.32 Å². The Morgan fingerprint density at radius 2 is 2.00 bits per heavy atom. The number of benzene rings is 1. The normalized spacial score (nSPS) is 28.2. The molecule has 2 aliphatic heterocycles. The lowest BCUT2D eigenvalue weighted by Gasteiger charge is -2.35. The first-order valence-corrected chi connectivity index (χ1v) is 7.41. The average Bonchev–Trinajstić information content (AvgIpc) is 2.96. The summed E-state index contributed by atoms with van der Waals surface area (Å²) < 4.78 is 4.85. The van der Waals surface area contributed by atoms with Gasteiger partial charge in [0.1, 0.15) is 6.61 Å². The highest BCUT2D eigenvalue weighted by Crippen LogP contribution is 2.34. The van der Waals surface area contributed by atoms with Crippen molar-refractivity contribution in [1.82, 2.24) is 10.2 Å². The molecule has 3 amide bonds. The summed E-state index contributed by atoms with van der Waals surface area (Å²) in [5, 5.41) is 2.91. The van der Waals surface area contributed by atoms with Crippen molar-refractivity contribution in [2.75, 3.05) is 13.2 Å². The molecule has 3 rings (SSSR count).